The molecule has 0 unspecified atom stereocenters. The predicted octanol–water partition coefficient (Wildman–Crippen LogP) is 5.17. The van der Waals surface area contributed by atoms with Crippen LogP contribution in [0.4, 0.5) is 4.39 Å². The van der Waals surface area contributed by atoms with Gasteiger partial charge in [-0.05, 0) is 37.1 Å². The lowest BCUT2D eigenvalue weighted by Crippen LogP contribution is -2.06. The molecule has 0 aliphatic heterocycles. The summed E-state index contributed by atoms with van der Waals surface area (Å²) in [7, 11) is 0. The molecule has 0 atom stereocenters. The minimum atomic E-state index is -0.350. The number of benzene rings is 3. The second kappa shape index (κ2) is 5.52. The zero-order valence-corrected chi connectivity index (χ0v) is 14.9. The summed E-state index contributed by atoms with van der Waals surface area (Å²) in [5.74, 6) is 0.550. The third-order valence-electron chi connectivity index (χ3n) is 5.58. The molecule has 0 bridgehead atoms. The number of aromatic nitrogens is 3. The Morgan fingerprint density at radius 2 is 1.82 bits per heavy atom. The Morgan fingerprint density at radius 1 is 1.00 bits per heavy atom. The standard InChI is InChI=1S/C23H16FN3O/c24-14-6-9-16-18(12-14)19-17(10-11-25-23(19)28)20-21(16)27(15-7-8-15)22(26-20)13-4-2-1-3-5-13/h1-6,9-12,15H,7-8H2,(H,25,28). The van der Waals surface area contributed by atoms with Crippen LogP contribution in [0.3, 0.4) is 0 Å². The van der Waals surface area contributed by atoms with Crippen LogP contribution in [0.5, 0.6) is 0 Å². The Bertz CT molecular complexity index is 1450. The lowest BCUT2D eigenvalue weighted by molar-refractivity contribution is 0.630. The molecule has 1 fully saturated rings. The van der Waals surface area contributed by atoms with Crippen LogP contribution in [0, 0.1) is 5.82 Å². The van der Waals surface area contributed by atoms with Crippen LogP contribution in [-0.4, -0.2) is 14.5 Å². The molecule has 4 nitrogen and oxygen atoms in total. The first-order valence-electron chi connectivity index (χ1n) is 9.42. The topological polar surface area (TPSA) is 50.7 Å². The van der Waals surface area contributed by atoms with Gasteiger partial charge < -0.3 is 9.55 Å². The summed E-state index contributed by atoms with van der Waals surface area (Å²) < 4.78 is 16.4. The number of nitrogens with one attached hydrogen (secondary N) is 1. The van der Waals surface area contributed by atoms with Crippen molar-refractivity contribution in [1.82, 2.24) is 14.5 Å². The molecule has 0 saturated heterocycles. The van der Waals surface area contributed by atoms with E-state index in [1.54, 1.807) is 12.3 Å². The molecule has 2 aromatic heterocycles. The SMILES string of the molecule is O=c1[nH]ccc2c3nc(-c4ccccc4)n(C4CC4)c3c3ccc(F)cc3c12. The lowest BCUT2D eigenvalue weighted by atomic mass is 10.0. The quantitative estimate of drug-likeness (QED) is 0.436. The first-order valence-corrected chi connectivity index (χ1v) is 9.42. The number of aromatic amines is 1. The molecular formula is C23H16FN3O. The Labute approximate surface area is 159 Å². The lowest BCUT2D eigenvalue weighted by Gasteiger charge is -2.11. The van der Waals surface area contributed by atoms with Gasteiger partial charge in [-0.3, -0.25) is 4.79 Å². The van der Waals surface area contributed by atoms with Crippen molar-refractivity contribution in [3.63, 3.8) is 0 Å². The molecule has 5 heteroatoms. The van der Waals surface area contributed by atoms with E-state index in [2.05, 4.69) is 21.7 Å². The van der Waals surface area contributed by atoms with Gasteiger partial charge >= 0.3 is 0 Å². The molecule has 1 aliphatic rings. The molecule has 1 saturated carbocycles. The largest absolute Gasteiger partial charge is 0.329 e. The minimum absolute atomic E-state index is 0.225. The van der Waals surface area contributed by atoms with Crippen molar-refractivity contribution in [3.05, 3.63) is 77.0 Å². The van der Waals surface area contributed by atoms with E-state index in [0.29, 0.717) is 16.8 Å². The highest BCUT2D eigenvalue weighted by Crippen LogP contribution is 2.44. The van der Waals surface area contributed by atoms with Crippen molar-refractivity contribution < 1.29 is 4.39 Å². The van der Waals surface area contributed by atoms with E-state index in [0.717, 1.165) is 46.0 Å². The monoisotopic (exact) mass is 369 g/mol. The summed E-state index contributed by atoms with van der Waals surface area (Å²) in [4.78, 5) is 20.4. The first-order chi connectivity index (χ1) is 13.7. The number of pyridine rings is 1. The summed E-state index contributed by atoms with van der Waals surface area (Å²) in [6, 6.07) is 17.0. The van der Waals surface area contributed by atoms with Crippen LogP contribution in [0.2, 0.25) is 0 Å². The molecule has 136 valence electrons. The van der Waals surface area contributed by atoms with Crippen LogP contribution in [0.1, 0.15) is 18.9 Å². The molecule has 0 amide bonds. The van der Waals surface area contributed by atoms with E-state index in [1.165, 1.54) is 12.1 Å². The summed E-state index contributed by atoms with van der Waals surface area (Å²) >= 11 is 0. The highest BCUT2D eigenvalue weighted by Gasteiger charge is 2.30. The Kier molecular flexibility index (Phi) is 3.07. The maximum absolute atomic E-state index is 14.1. The molecule has 0 spiro atoms. The summed E-state index contributed by atoms with van der Waals surface area (Å²) in [6.07, 6.45) is 3.83. The van der Waals surface area contributed by atoms with Crippen molar-refractivity contribution in [2.75, 3.05) is 0 Å². The smallest absolute Gasteiger partial charge is 0.256 e. The van der Waals surface area contributed by atoms with Gasteiger partial charge in [0, 0.05) is 34.0 Å². The average Bonchev–Trinajstić information content (AvgIpc) is 3.47. The molecule has 6 rings (SSSR count). The molecule has 5 aromatic rings. The van der Waals surface area contributed by atoms with Gasteiger partial charge in [-0.2, -0.15) is 0 Å². The zero-order valence-electron chi connectivity index (χ0n) is 14.9. The molecule has 0 radical (unpaired) electrons. The van der Waals surface area contributed by atoms with Crippen molar-refractivity contribution in [2.24, 2.45) is 0 Å². The van der Waals surface area contributed by atoms with Crippen molar-refractivity contribution in [3.8, 4) is 11.4 Å². The van der Waals surface area contributed by atoms with Gasteiger partial charge in [-0.15, -0.1) is 0 Å². The number of imidazole rings is 1. The summed E-state index contributed by atoms with van der Waals surface area (Å²) in [5, 5.41) is 2.74. The van der Waals surface area contributed by atoms with Gasteiger partial charge in [0.05, 0.1) is 16.4 Å². The van der Waals surface area contributed by atoms with E-state index >= 15 is 0 Å². The average molecular weight is 369 g/mol. The summed E-state index contributed by atoms with van der Waals surface area (Å²) in [5.41, 5.74) is 2.59. The van der Waals surface area contributed by atoms with E-state index in [-0.39, 0.29) is 11.4 Å². The zero-order chi connectivity index (χ0) is 18.8. The fraction of sp³-hybridized carbons (Fsp3) is 0.130. The van der Waals surface area contributed by atoms with Crippen LogP contribution < -0.4 is 5.56 Å². The Balaban J connectivity index is 1.90. The van der Waals surface area contributed by atoms with Gasteiger partial charge in [-0.25, -0.2) is 9.37 Å². The predicted molar refractivity (Wildman–Crippen MR) is 109 cm³/mol. The van der Waals surface area contributed by atoms with E-state index in [9.17, 15) is 9.18 Å². The van der Waals surface area contributed by atoms with Crippen molar-refractivity contribution in [2.45, 2.75) is 18.9 Å². The van der Waals surface area contributed by atoms with E-state index < -0.39 is 0 Å². The second-order valence-electron chi connectivity index (χ2n) is 7.39. The normalized spacial score (nSPS) is 14.3. The molecule has 1 aliphatic carbocycles. The van der Waals surface area contributed by atoms with Crippen LogP contribution in [0.15, 0.2) is 65.6 Å². The highest BCUT2D eigenvalue weighted by atomic mass is 19.1. The highest BCUT2D eigenvalue weighted by molar-refractivity contribution is 6.23. The molecule has 1 N–H and O–H groups in total. The third-order valence-corrected chi connectivity index (χ3v) is 5.58. The van der Waals surface area contributed by atoms with Gasteiger partial charge in [0.15, 0.2) is 0 Å². The number of H-pyrrole nitrogens is 1. The number of halogens is 1. The van der Waals surface area contributed by atoms with Crippen LogP contribution >= 0.6 is 0 Å². The Morgan fingerprint density at radius 3 is 2.61 bits per heavy atom. The molecular weight excluding hydrogens is 353 g/mol. The van der Waals surface area contributed by atoms with E-state index in [4.69, 9.17) is 4.98 Å². The second-order valence-corrected chi connectivity index (χ2v) is 7.39. The minimum Gasteiger partial charge on any atom is -0.329 e. The maximum atomic E-state index is 14.1. The van der Waals surface area contributed by atoms with Gasteiger partial charge in [0.2, 0.25) is 0 Å². The number of hydrogen-bond acceptors (Lipinski definition) is 2. The number of fused-ring (bicyclic) bond motifs is 6. The van der Waals surface area contributed by atoms with Gasteiger partial charge in [0.1, 0.15) is 11.6 Å². The fourth-order valence-electron chi connectivity index (χ4n) is 4.23. The fourth-order valence-corrected chi connectivity index (χ4v) is 4.23. The van der Waals surface area contributed by atoms with Crippen molar-refractivity contribution >= 4 is 32.6 Å². The van der Waals surface area contributed by atoms with E-state index in [1.807, 2.05) is 24.3 Å². The van der Waals surface area contributed by atoms with Gasteiger partial charge in [0.25, 0.3) is 5.56 Å². The van der Waals surface area contributed by atoms with Crippen LogP contribution in [0.25, 0.3) is 44.0 Å². The molecule has 2 heterocycles. The number of nitrogens with zero attached hydrogens (tertiary/aromatic N) is 2. The van der Waals surface area contributed by atoms with Gasteiger partial charge in [-0.1, -0.05) is 30.3 Å². The molecule has 3 aromatic carbocycles. The third kappa shape index (κ3) is 2.10. The van der Waals surface area contributed by atoms with Crippen LogP contribution in [-0.2, 0) is 0 Å². The maximum Gasteiger partial charge on any atom is 0.256 e. The number of hydrogen-bond donors (Lipinski definition) is 1. The van der Waals surface area contributed by atoms with Crippen molar-refractivity contribution in [1.29, 1.82) is 0 Å². The number of rotatable bonds is 2. The summed E-state index contributed by atoms with van der Waals surface area (Å²) in [6.45, 7) is 0. The Hall–Kier alpha value is -3.47. The molecule has 28 heavy (non-hydrogen) atoms. The first kappa shape index (κ1) is 15.6.